The second-order valence-electron chi connectivity index (χ2n) is 2.37. The standard InChI is InChI=1S/C4H3N7O2/c5-11-3-1(7-12-9-3)6-2-4(11)10-13-8-2/h5H2,(H,6,7,8). The quantitative estimate of drug-likeness (QED) is 0.519. The number of hydrazine groups is 1. The van der Waals surface area contributed by atoms with Gasteiger partial charge < -0.3 is 5.32 Å². The van der Waals surface area contributed by atoms with Crippen molar-refractivity contribution in [3.8, 4) is 0 Å². The van der Waals surface area contributed by atoms with E-state index in [0.29, 0.717) is 23.3 Å². The van der Waals surface area contributed by atoms with Gasteiger partial charge in [-0.3, -0.25) is 0 Å². The summed E-state index contributed by atoms with van der Waals surface area (Å²) in [5, 5.41) is 18.2. The van der Waals surface area contributed by atoms with Crippen LogP contribution in [0.15, 0.2) is 9.26 Å². The number of nitrogens with two attached hydrogens (primary N) is 1. The van der Waals surface area contributed by atoms with Crippen molar-refractivity contribution in [2.75, 3.05) is 10.3 Å². The van der Waals surface area contributed by atoms with Crippen LogP contribution in [0.2, 0.25) is 0 Å². The Morgan fingerprint density at radius 2 is 1.54 bits per heavy atom. The predicted octanol–water partition coefficient (Wildman–Crippen LogP) is -0.479. The highest BCUT2D eigenvalue weighted by Gasteiger charge is 2.29. The summed E-state index contributed by atoms with van der Waals surface area (Å²) in [6.07, 6.45) is 0. The van der Waals surface area contributed by atoms with Gasteiger partial charge in [-0.25, -0.2) is 20.1 Å². The van der Waals surface area contributed by atoms with E-state index in [0.717, 1.165) is 0 Å². The number of aromatic nitrogens is 4. The second-order valence-corrected chi connectivity index (χ2v) is 2.37. The highest BCUT2D eigenvalue weighted by atomic mass is 16.6. The van der Waals surface area contributed by atoms with Crippen molar-refractivity contribution in [3.05, 3.63) is 0 Å². The monoisotopic (exact) mass is 181 g/mol. The molecule has 0 fully saturated rings. The molecule has 0 saturated carbocycles. The molecule has 0 bridgehead atoms. The van der Waals surface area contributed by atoms with Crippen LogP contribution in [0.4, 0.5) is 23.3 Å². The molecule has 0 saturated heterocycles. The third-order valence-electron chi connectivity index (χ3n) is 1.64. The summed E-state index contributed by atoms with van der Waals surface area (Å²) < 4.78 is 8.94. The lowest BCUT2D eigenvalue weighted by Crippen LogP contribution is -2.29. The molecule has 2 aromatic heterocycles. The van der Waals surface area contributed by atoms with Crippen LogP contribution >= 0.6 is 0 Å². The van der Waals surface area contributed by atoms with Gasteiger partial charge in [0.15, 0.2) is 0 Å². The zero-order chi connectivity index (χ0) is 8.84. The Bertz CT molecular complexity index is 407. The molecule has 3 N–H and O–H groups in total. The SMILES string of the molecule is NN1c2nonc2Nc2nonc21. The summed E-state index contributed by atoms with van der Waals surface area (Å²) >= 11 is 0. The van der Waals surface area contributed by atoms with Crippen LogP contribution in [0.25, 0.3) is 0 Å². The number of nitrogens with one attached hydrogen (secondary N) is 1. The second kappa shape index (κ2) is 1.95. The van der Waals surface area contributed by atoms with Crippen LogP contribution in [-0.2, 0) is 0 Å². The Labute approximate surface area is 70.4 Å². The van der Waals surface area contributed by atoms with Gasteiger partial charge in [0, 0.05) is 0 Å². The fourth-order valence-electron chi connectivity index (χ4n) is 1.05. The van der Waals surface area contributed by atoms with Gasteiger partial charge in [-0.1, -0.05) is 0 Å². The third-order valence-corrected chi connectivity index (χ3v) is 1.64. The minimum Gasteiger partial charge on any atom is -0.313 e. The van der Waals surface area contributed by atoms with Crippen molar-refractivity contribution in [3.63, 3.8) is 0 Å². The third kappa shape index (κ3) is 0.679. The molecular weight excluding hydrogens is 178 g/mol. The molecule has 0 aromatic carbocycles. The lowest BCUT2D eigenvalue weighted by Gasteiger charge is -2.16. The Morgan fingerprint density at radius 1 is 1.00 bits per heavy atom. The maximum Gasteiger partial charge on any atom is 0.238 e. The van der Waals surface area contributed by atoms with E-state index in [4.69, 9.17) is 5.84 Å². The largest absolute Gasteiger partial charge is 0.313 e. The fourth-order valence-corrected chi connectivity index (χ4v) is 1.05. The van der Waals surface area contributed by atoms with Gasteiger partial charge in [-0.2, -0.15) is 0 Å². The van der Waals surface area contributed by atoms with E-state index in [1.54, 1.807) is 0 Å². The van der Waals surface area contributed by atoms with Crippen LogP contribution < -0.4 is 16.2 Å². The first kappa shape index (κ1) is 6.37. The molecule has 1 aliphatic heterocycles. The number of nitrogens with zero attached hydrogens (tertiary/aromatic N) is 5. The molecule has 0 aliphatic carbocycles. The van der Waals surface area contributed by atoms with Gasteiger partial charge in [0.2, 0.25) is 23.3 Å². The topological polar surface area (TPSA) is 119 Å². The van der Waals surface area contributed by atoms with E-state index in [1.807, 2.05) is 0 Å². The van der Waals surface area contributed by atoms with E-state index in [-0.39, 0.29) is 0 Å². The predicted molar refractivity (Wildman–Crippen MR) is 38.2 cm³/mol. The van der Waals surface area contributed by atoms with Crippen LogP contribution in [-0.4, -0.2) is 20.6 Å². The molecule has 0 atom stereocenters. The molecule has 13 heavy (non-hydrogen) atoms. The van der Waals surface area contributed by atoms with E-state index in [9.17, 15) is 0 Å². The molecule has 2 aromatic rings. The van der Waals surface area contributed by atoms with Crippen molar-refractivity contribution in [1.29, 1.82) is 0 Å². The molecule has 66 valence electrons. The molecule has 0 spiro atoms. The van der Waals surface area contributed by atoms with Crippen molar-refractivity contribution in [2.24, 2.45) is 5.84 Å². The Hall–Kier alpha value is -2.16. The van der Waals surface area contributed by atoms with Crippen LogP contribution in [0, 0.1) is 0 Å². The normalized spacial score (nSPS) is 13.5. The molecule has 0 amide bonds. The average Bonchev–Trinajstić information content (AvgIpc) is 2.71. The first-order valence-corrected chi connectivity index (χ1v) is 3.33. The Balaban J connectivity index is 2.21. The molecule has 0 unspecified atom stereocenters. The first-order chi connectivity index (χ1) is 6.36. The highest BCUT2D eigenvalue weighted by molar-refractivity contribution is 5.81. The maximum absolute atomic E-state index is 5.62. The Kier molecular flexibility index (Phi) is 0.957. The minimum absolute atomic E-state index is 0.336. The molecule has 3 rings (SSSR count). The van der Waals surface area contributed by atoms with Crippen LogP contribution in [0.5, 0.6) is 0 Å². The number of fused-ring (bicyclic) bond motifs is 2. The number of anilines is 4. The van der Waals surface area contributed by atoms with Crippen molar-refractivity contribution in [2.45, 2.75) is 0 Å². The first-order valence-electron chi connectivity index (χ1n) is 3.33. The summed E-state index contributed by atoms with van der Waals surface area (Å²) in [5.74, 6) is 7.05. The zero-order valence-corrected chi connectivity index (χ0v) is 6.13. The van der Waals surface area contributed by atoms with Gasteiger partial charge in [-0.05, 0) is 20.6 Å². The lowest BCUT2D eigenvalue weighted by molar-refractivity contribution is 0.304. The highest BCUT2D eigenvalue weighted by Crippen LogP contribution is 2.36. The van der Waals surface area contributed by atoms with Gasteiger partial charge >= 0.3 is 0 Å². The van der Waals surface area contributed by atoms with E-state index >= 15 is 0 Å². The van der Waals surface area contributed by atoms with E-state index < -0.39 is 0 Å². The number of hydrogen-bond donors (Lipinski definition) is 2. The summed E-state index contributed by atoms with van der Waals surface area (Å²) in [4.78, 5) is 0. The molecule has 3 heterocycles. The summed E-state index contributed by atoms with van der Waals surface area (Å²) in [7, 11) is 0. The van der Waals surface area contributed by atoms with Gasteiger partial charge in [0.05, 0.1) is 0 Å². The summed E-state index contributed by atoms with van der Waals surface area (Å²) in [6, 6.07) is 0. The van der Waals surface area contributed by atoms with Gasteiger partial charge in [0.1, 0.15) is 0 Å². The van der Waals surface area contributed by atoms with E-state index in [2.05, 4.69) is 35.2 Å². The van der Waals surface area contributed by atoms with Gasteiger partial charge in [-0.15, -0.1) is 0 Å². The molecule has 1 aliphatic rings. The minimum atomic E-state index is 0.336. The summed E-state index contributed by atoms with van der Waals surface area (Å²) in [6.45, 7) is 0. The molecular formula is C4H3N7O2. The average molecular weight is 181 g/mol. The van der Waals surface area contributed by atoms with Crippen molar-refractivity contribution in [1.82, 2.24) is 20.6 Å². The lowest BCUT2D eigenvalue weighted by atomic mass is 10.4. The maximum atomic E-state index is 5.62. The van der Waals surface area contributed by atoms with Crippen molar-refractivity contribution >= 4 is 23.3 Å². The van der Waals surface area contributed by atoms with Crippen molar-refractivity contribution < 1.29 is 9.26 Å². The zero-order valence-electron chi connectivity index (χ0n) is 6.13. The summed E-state index contributed by atoms with van der Waals surface area (Å²) in [5.41, 5.74) is 0. The number of rotatable bonds is 0. The fraction of sp³-hybridized carbons (Fsp3) is 0. The molecule has 9 heteroatoms. The Morgan fingerprint density at radius 3 is 2.08 bits per heavy atom. The molecule has 0 radical (unpaired) electrons. The molecule has 9 nitrogen and oxygen atoms in total. The smallest absolute Gasteiger partial charge is 0.238 e. The van der Waals surface area contributed by atoms with Crippen LogP contribution in [0.1, 0.15) is 0 Å². The van der Waals surface area contributed by atoms with Crippen LogP contribution in [0.3, 0.4) is 0 Å². The van der Waals surface area contributed by atoms with Gasteiger partial charge in [0.25, 0.3) is 0 Å². The number of hydrogen-bond acceptors (Lipinski definition) is 9. The van der Waals surface area contributed by atoms with E-state index in [1.165, 1.54) is 5.01 Å².